The molecule has 146 valence electrons. The molecule has 0 unspecified atom stereocenters. The Kier molecular flexibility index (Phi) is 5.57. The van der Waals surface area contributed by atoms with Crippen LogP contribution in [0.1, 0.15) is 18.9 Å². The SMILES string of the molecule is C=CC[C@](C)(NC(=C)N(C)C)c1cc(-c2cc(F)cc(F)c2)c2sccc2c1. The van der Waals surface area contributed by atoms with E-state index in [4.69, 9.17) is 0 Å². The summed E-state index contributed by atoms with van der Waals surface area (Å²) in [7, 11) is 3.85. The largest absolute Gasteiger partial charge is 0.365 e. The molecule has 0 radical (unpaired) electrons. The fourth-order valence-corrected chi connectivity index (χ4v) is 4.20. The van der Waals surface area contributed by atoms with Crippen molar-refractivity contribution < 1.29 is 8.78 Å². The van der Waals surface area contributed by atoms with E-state index in [-0.39, 0.29) is 0 Å². The first-order valence-electron chi connectivity index (χ1n) is 8.97. The fourth-order valence-electron chi connectivity index (χ4n) is 3.28. The van der Waals surface area contributed by atoms with Crippen LogP contribution in [0.5, 0.6) is 0 Å². The Morgan fingerprint density at radius 3 is 2.46 bits per heavy atom. The van der Waals surface area contributed by atoms with Crippen molar-refractivity contribution in [3.63, 3.8) is 0 Å². The van der Waals surface area contributed by atoms with Crippen molar-refractivity contribution in [1.29, 1.82) is 0 Å². The maximum Gasteiger partial charge on any atom is 0.126 e. The van der Waals surface area contributed by atoms with Crippen molar-refractivity contribution in [2.45, 2.75) is 18.9 Å². The standard InChI is InChI=1S/C23H24F2N2S/c1-6-8-23(3,26-15(2)27(4)5)18-10-16-7-9-28-22(16)21(13-18)17-11-19(24)14-20(25)12-17/h6-7,9-14,26H,1-2,8H2,3-5H3/t23-/m0/s1. The number of hydrogen-bond acceptors (Lipinski definition) is 3. The van der Waals surface area contributed by atoms with Gasteiger partial charge in [-0.25, -0.2) is 8.78 Å². The Hall–Kier alpha value is -2.66. The normalized spacial score (nSPS) is 13.2. The number of thiophene rings is 1. The molecule has 3 aromatic rings. The molecule has 1 aromatic heterocycles. The van der Waals surface area contributed by atoms with Gasteiger partial charge in [-0.3, -0.25) is 0 Å². The summed E-state index contributed by atoms with van der Waals surface area (Å²) in [5.41, 5.74) is 1.87. The second-order valence-electron chi connectivity index (χ2n) is 7.31. The van der Waals surface area contributed by atoms with Crippen LogP contribution in [0.2, 0.25) is 0 Å². The molecule has 5 heteroatoms. The van der Waals surface area contributed by atoms with E-state index in [1.807, 2.05) is 42.6 Å². The summed E-state index contributed by atoms with van der Waals surface area (Å²) in [5, 5.41) is 6.51. The number of nitrogens with one attached hydrogen (secondary N) is 1. The summed E-state index contributed by atoms with van der Waals surface area (Å²) in [6, 6.07) is 9.79. The van der Waals surface area contributed by atoms with E-state index >= 15 is 0 Å². The third-order valence-corrected chi connectivity index (χ3v) is 5.84. The Balaban J connectivity index is 2.21. The van der Waals surface area contributed by atoms with E-state index in [1.165, 1.54) is 12.1 Å². The minimum absolute atomic E-state index is 0.472. The molecular formula is C23H24F2N2S. The topological polar surface area (TPSA) is 15.3 Å². The Bertz CT molecular complexity index is 1020. The van der Waals surface area contributed by atoms with Crippen LogP contribution < -0.4 is 5.32 Å². The average Bonchev–Trinajstić information content (AvgIpc) is 3.08. The van der Waals surface area contributed by atoms with Crippen molar-refractivity contribution >= 4 is 21.4 Å². The molecule has 0 saturated heterocycles. The van der Waals surface area contributed by atoms with Crippen molar-refractivity contribution in [2.24, 2.45) is 0 Å². The highest BCUT2D eigenvalue weighted by atomic mass is 32.1. The van der Waals surface area contributed by atoms with Crippen LogP contribution in [0.4, 0.5) is 8.78 Å². The summed E-state index contributed by atoms with van der Waals surface area (Å²) in [6.07, 6.45) is 2.52. The first kappa shape index (κ1) is 20.1. The average molecular weight is 399 g/mol. The van der Waals surface area contributed by atoms with Gasteiger partial charge in [-0.2, -0.15) is 0 Å². The molecule has 0 amide bonds. The predicted octanol–water partition coefficient (Wildman–Crippen LogP) is 6.26. The van der Waals surface area contributed by atoms with Crippen molar-refractivity contribution in [2.75, 3.05) is 14.1 Å². The highest BCUT2D eigenvalue weighted by Gasteiger charge is 2.27. The summed E-state index contributed by atoms with van der Waals surface area (Å²) in [5.74, 6) is -0.399. The molecule has 0 aliphatic heterocycles. The second-order valence-corrected chi connectivity index (χ2v) is 8.23. The van der Waals surface area contributed by atoms with Gasteiger partial charge < -0.3 is 10.2 Å². The second kappa shape index (κ2) is 7.76. The van der Waals surface area contributed by atoms with E-state index in [1.54, 1.807) is 11.3 Å². The minimum atomic E-state index is -0.585. The number of nitrogens with zero attached hydrogens (tertiary/aromatic N) is 1. The summed E-state index contributed by atoms with van der Waals surface area (Å²) >= 11 is 1.56. The predicted molar refractivity (Wildman–Crippen MR) is 115 cm³/mol. The smallest absolute Gasteiger partial charge is 0.126 e. The van der Waals surface area contributed by atoms with E-state index in [0.29, 0.717) is 12.0 Å². The lowest BCUT2D eigenvalue weighted by atomic mass is 9.85. The maximum absolute atomic E-state index is 13.9. The van der Waals surface area contributed by atoms with Crippen molar-refractivity contribution in [3.05, 3.63) is 84.0 Å². The van der Waals surface area contributed by atoms with Gasteiger partial charge in [-0.05, 0) is 65.6 Å². The molecule has 0 saturated carbocycles. The molecule has 0 spiro atoms. The van der Waals surface area contributed by atoms with Crippen LogP contribution in [0.15, 0.2) is 66.8 Å². The molecule has 3 rings (SSSR count). The van der Waals surface area contributed by atoms with E-state index in [9.17, 15) is 8.78 Å². The quantitative estimate of drug-likeness (QED) is 0.473. The Morgan fingerprint density at radius 1 is 1.18 bits per heavy atom. The molecule has 2 aromatic carbocycles. The monoisotopic (exact) mass is 398 g/mol. The maximum atomic E-state index is 13.9. The molecule has 0 aliphatic rings. The van der Waals surface area contributed by atoms with Gasteiger partial charge in [0.2, 0.25) is 0 Å². The first-order chi connectivity index (χ1) is 13.2. The molecule has 0 bridgehead atoms. The molecule has 1 N–H and O–H groups in total. The molecule has 28 heavy (non-hydrogen) atoms. The summed E-state index contributed by atoms with van der Waals surface area (Å²) in [6.45, 7) is 10.1. The molecule has 0 fully saturated rings. The number of hydrogen-bond donors (Lipinski definition) is 1. The summed E-state index contributed by atoms with van der Waals surface area (Å²) < 4.78 is 28.8. The molecule has 0 aliphatic carbocycles. The molecular weight excluding hydrogens is 374 g/mol. The van der Waals surface area contributed by atoms with Crippen LogP contribution in [0.3, 0.4) is 0 Å². The third-order valence-electron chi connectivity index (χ3n) is 4.87. The lowest BCUT2D eigenvalue weighted by Crippen LogP contribution is -2.41. The zero-order chi connectivity index (χ0) is 20.5. The number of rotatable bonds is 7. The fraction of sp³-hybridized carbons (Fsp3) is 0.217. The lowest BCUT2D eigenvalue weighted by Gasteiger charge is -2.35. The first-order valence-corrected chi connectivity index (χ1v) is 9.85. The van der Waals surface area contributed by atoms with Crippen molar-refractivity contribution in [1.82, 2.24) is 10.2 Å². The summed E-state index contributed by atoms with van der Waals surface area (Å²) in [4.78, 5) is 1.91. The van der Waals surface area contributed by atoms with Crippen molar-refractivity contribution in [3.8, 4) is 11.1 Å². The van der Waals surface area contributed by atoms with Gasteiger partial charge in [0.25, 0.3) is 0 Å². The molecule has 2 nitrogen and oxygen atoms in total. The molecule has 1 atom stereocenters. The van der Waals surface area contributed by atoms with Crippen LogP contribution in [0.25, 0.3) is 21.2 Å². The highest BCUT2D eigenvalue weighted by molar-refractivity contribution is 7.17. The van der Waals surface area contributed by atoms with Gasteiger partial charge in [-0.15, -0.1) is 17.9 Å². The van der Waals surface area contributed by atoms with Gasteiger partial charge in [-0.1, -0.05) is 12.7 Å². The van der Waals surface area contributed by atoms with Crippen LogP contribution in [0, 0.1) is 11.6 Å². The lowest BCUT2D eigenvalue weighted by molar-refractivity contribution is 0.343. The van der Waals surface area contributed by atoms with Gasteiger partial charge in [0.1, 0.15) is 11.6 Å². The third kappa shape index (κ3) is 3.94. The highest BCUT2D eigenvalue weighted by Crippen LogP contribution is 2.38. The number of fused-ring (bicyclic) bond motifs is 1. The van der Waals surface area contributed by atoms with Gasteiger partial charge >= 0.3 is 0 Å². The minimum Gasteiger partial charge on any atom is -0.365 e. The van der Waals surface area contributed by atoms with E-state index in [2.05, 4.69) is 31.5 Å². The van der Waals surface area contributed by atoms with E-state index < -0.39 is 17.2 Å². The zero-order valence-electron chi connectivity index (χ0n) is 16.4. The van der Waals surface area contributed by atoms with E-state index in [0.717, 1.165) is 33.1 Å². The van der Waals surface area contributed by atoms with Crippen LogP contribution >= 0.6 is 11.3 Å². The number of halogens is 2. The Morgan fingerprint density at radius 2 is 1.86 bits per heavy atom. The van der Waals surface area contributed by atoms with Gasteiger partial charge in [0, 0.05) is 30.4 Å². The number of benzene rings is 2. The van der Waals surface area contributed by atoms with Gasteiger partial charge in [0.15, 0.2) is 0 Å². The Labute approximate surface area is 168 Å². The van der Waals surface area contributed by atoms with Crippen LogP contribution in [-0.4, -0.2) is 19.0 Å². The zero-order valence-corrected chi connectivity index (χ0v) is 17.2. The van der Waals surface area contributed by atoms with Crippen LogP contribution in [-0.2, 0) is 5.54 Å². The molecule has 1 heterocycles. The van der Waals surface area contributed by atoms with Gasteiger partial charge in [0.05, 0.1) is 11.4 Å².